The summed E-state index contributed by atoms with van der Waals surface area (Å²) in [7, 11) is 0. The van der Waals surface area contributed by atoms with Gasteiger partial charge in [-0.15, -0.1) is 0 Å². The molecule has 2 rings (SSSR count). The third-order valence-corrected chi connectivity index (χ3v) is 3.14. The fourth-order valence-electron chi connectivity index (χ4n) is 2.34. The summed E-state index contributed by atoms with van der Waals surface area (Å²) in [5.74, 6) is -0.0577. The highest BCUT2D eigenvalue weighted by atomic mass is 16.5. The third-order valence-electron chi connectivity index (χ3n) is 3.14. The SMILES string of the molecule is CCCC1CC(=O)N(C2CCOC2)C(=O)N1. The highest BCUT2D eigenvalue weighted by molar-refractivity contribution is 5.97. The number of nitrogens with zero attached hydrogens (tertiary/aromatic N) is 1. The van der Waals surface area contributed by atoms with E-state index in [1.807, 2.05) is 6.92 Å². The van der Waals surface area contributed by atoms with Crippen LogP contribution >= 0.6 is 0 Å². The van der Waals surface area contributed by atoms with Gasteiger partial charge in [0, 0.05) is 19.1 Å². The second kappa shape index (κ2) is 4.82. The normalized spacial score (nSPS) is 30.7. The van der Waals surface area contributed by atoms with Crippen LogP contribution in [0.4, 0.5) is 4.79 Å². The average Bonchev–Trinajstić information content (AvgIpc) is 2.70. The first kappa shape index (κ1) is 11.4. The van der Waals surface area contributed by atoms with Crippen molar-refractivity contribution in [3.05, 3.63) is 0 Å². The summed E-state index contributed by atoms with van der Waals surface area (Å²) >= 11 is 0. The number of hydrogen-bond acceptors (Lipinski definition) is 3. The summed E-state index contributed by atoms with van der Waals surface area (Å²) in [6.07, 6.45) is 3.03. The van der Waals surface area contributed by atoms with Gasteiger partial charge < -0.3 is 10.1 Å². The maximum atomic E-state index is 11.9. The zero-order valence-electron chi connectivity index (χ0n) is 9.57. The van der Waals surface area contributed by atoms with Gasteiger partial charge in [0.2, 0.25) is 5.91 Å². The standard InChI is InChI=1S/C11H18N2O3/c1-2-3-8-6-10(14)13(11(15)12-8)9-4-5-16-7-9/h8-9H,2-7H2,1H3,(H,12,15). The molecule has 0 aromatic heterocycles. The Labute approximate surface area is 95.1 Å². The molecule has 2 aliphatic heterocycles. The summed E-state index contributed by atoms with van der Waals surface area (Å²) in [6, 6.07) is -0.288. The number of urea groups is 1. The van der Waals surface area contributed by atoms with Crippen molar-refractivity contribution in [3.8, 4) is 0 Å². The number of rotatable bonds is 3. The molecule has 0 saturated carbocycles. The van der Waals surface area contributed by atoms with Crippen molar-refractivity contribution in [2.75, 3.05) is 13.2 Å². The van der Waals surface area contributed by atoms with E-state index in [-0.39, 0.29) is 24.0 Å². The predicted octanol–water partition coefficient (Wildman–Crippen LogP) is 0.886. The molecular formula is C11H18N2O3. The Balaban J connectivity index is 2.00. The molecule has 2 aliphatic rings. The molecule has 0 aromatic carbocycles. The molecule has 0 aromatic rings. The molecule has 2 fully saturated rings. The van der Waals surface area contributed by atoms with Crippen molar-refractivity contribution in [2.45, 2.75) is 44.7 Å². The highest BCUT2D eigenvalue weighted by Crippen LogP contribution is 2.19. The van der Waals surface area contributed by atoms with Crippen molar-refractivity contribution >= 4 is 11.9 Å². The lowest BCUT2D eigenvalue weighted by molar-refractivity contribution is -0.132. The van der Waals surface area contributed by atoms with E-state index in [4.69, 9.17) is 4.74 Å². The summed E-state index contributed by atoms with van der Waals surface area (Å²) in [6.45, 7) is 3.17. The zero-order valence-corrected chi connectivity index (χ0v) is 9.57. The summed E-state index contributed by atoms with van der Waals surface area (Å²) < 4.78 is 5.21. The van der Waals surface area contributed by atoms with Crippen molar-refractivity contribution in [1.82, 2.24) is 10.2 Å². The third kappa shape index (κ3) is 2.19. The van der Waals surface area contributed by atoms with Crippen molar-refractivity contribution in [3.63, 3.8) is 0 Å². The van der Waals surface area contributed by atoms with Crippen LogP contribution in [0.5, 0.6) is 0 Å². The Morgan fingerprint density at radius 3 is 2.88 bits per heavy atom. The first-order valence-electron chi connectivity index (χ1n) is 5.92. The zero-order chi connectivity index (χ0) is 11.5. The average molecular weight is 226 g/mol. The van der Waals surface area contributed by atoms with Crippen LogP contribution in [0.15, 0.2) is 0 Å². The Hall–Kier alpha value is -1.10. The molecule has 3 amide bonds. The number of hydrogen-bond donors (Lipinski definition) is 1. The molecule has 2 atom stereocenters. The lowest BCUT2D eigenvalue weighted by Gasteiger charge is -2.34. The number of ether oxygens (including phenoxy) is 1. The number of carbonyl (C=O) groups excluding carboxylic acids is 2. The van der Waals surface area contributed by atoms with E-state index in [0.717, 1.165) is 19.3 Å². The molecule has 2 heterocycles. The minimum atomic E-state index is -0.245. The van der Waals surface area contributed by atoms with E-state index in [1.54, 1.807) is 0 Å². The summed E-state index contributed by atoms with van der Waals surface area (Å²) in [5.41, 5.74) is 0. The quantitative estimate of drug-likeness (QED) is 0.777. The van der Waals surface area contributed by atoms with Gasteiger partial charge in [-0.1, -0.05) is 13.3 Å². The number of nitrogens with one attached hydrogen (secondary N) is 1. The minimum Gasteiger partial charge on any atom is -0.379 e. The van der Waals surface area contributed by atoms with Crippen LogP contribution in [0.1, 0.15) is 32.6 Å². The van der Waals surface area contributed by atoms with Crippen LogP contribution in [0.25, 0.3) is 0 Å². The van der Waals surface area contributed by atoms with Gasteiger partial charge in [-0.05, 0) is 12.8 Å². The Morgan fingerprint density at radius 2 is 2.31 bits per heavy atom. The van der Waals surface area contributed by atoms with Gasteiger partial charge in [0.1, 0.15) is 0 Å². The molecule has 2 unspecified atom stereocenters. The maximum absolute atomic E-state index is 11.9. The minimum absolute atomic E-state index is 0.0172. The van der Waals surface area contributed by atoms with Crippen LogP contribution in [0, 0.1) is 0 Å². The van der Waals surface area contributed by atoms with Gasteiger partial charge in [0.25, 0.3) is 0 Å². The molecule has 0 aliphatic carbocycles. The van der Waals surface area contributed by atoms with E-state index < -0.39 is 0 Å². The summed E-state index contributed by atoms with van der Waals surface area (Å²) in [5, 5.41) is 2.89. The van der Waals surface area contributed by atoms with Crippen molar-refractivity contribution in [1.29, 1.82) is 0 Å². The molecule has 0 spiro atoms. The molecule has 5 nitrogen and oxygen atoms in total. The van der Waals surface area contributed by atoms with Crippen LogP contribution in [-0.4, -0.2) is 42.1 Å². The Kier molecular flexibility index (Phi) is 3.43. The fourth-order valence-corrected chi connectivity index (χ4v) is 2.34. The van der Waals surface area contributed by atoms with Crippen LogP contribution in [0.2, 0.25) is 0 Å². The lowest BCUT2D eigenvalue weighted by atomic mass is 10.0. The van der Waals surface area contributed by atoms with E-state index in [2.05, 4.69) is 5.32 Å². The van der Waals surface area contributed by atoms with Crippen LogP contribution < -0.4 is 5.32 Å². The number of amides is 3. The Bertz CT molecular complexity index is 269. The lowest BCUT2D eigenvalue weighted by Crippen LogP contribution is -2.58. The van der Waals surface area contributed by atoms with Gasteiger partial charge in [-0.25, -0.2) is 4.79 Å². The molecule has 90 valence electrons. The van der Waals surface area contributed by atoms with E-state index in [0.29, 0.717) is 19.6 Å². The predicted molar refractivity (Wildman–Crippen MR) is 57.9 cm³/mol. The second-order valence-corrected chi connectivity index (χ2v) is 4.42. The van der Waals surface area contributed by atoms with Crippen molar-refractivity contribution < 1.29 is 14.3 Å². The topological polar surface area (TPSA) is 58.6 Å². The largest absolute Gasteiger partial charge is 0.379 e. The number of imide groups is 1. The smallest absolute Gasteiger partial charge is 0.324 e. The van der Waals surface area contributed by atoms with Crippen LogP contribution in [-0.2, 0) is 9.53 Å². The van der Waals surface area contributed by atoms with Gasteiger partial charge >= 0.3 is 6.03 Å². The molecular weight excluding hydrogens is 208 g/mol. The van der Waals surface area contributed by atoms with Crippen LogP contribution in [0.3, 0.4) is 0 Å². The molecule has 5 heteroatoms. The first-order chi connectivity index (χ1) is 7.72. The molecule has 0 radical (unpaired) electrons. The van der Waals surface area contributed by atoms with Gasteiger partial charge in [-0.2, -0.15) is 0 Å². The molecule has 0 bridgehead atoms. The van der Waals surface area contributed by atoms with Crippen molar-refractivity contribution in [2.24, 2.45) is 0 Å². The monoisotopic (exact) mass is 226 g/mol. The Morgan fingerprint density at radius 1 is 1.50 bits per heavy atom. The fraction of sp³-hybridized carbons (Fsp3) is 0.818. The van der Waals surface area contributed by atoms with E-state index >= 15 is 0 Å². The first-order valence-corrected chi connectivity index (χ1v) is 5.92. The molecule has 16 heavy (non-hydrogen) atoms. The molecule has 1 N–H and O–H groups in total. The van der Waals surface area contributed by atoms with Gasteiger partial charge in [0.05, 0.1) is 12.6 Å². The molecule has 2 saturated heterocycles. The number of carbonyl (C=O) groups is 2. The van der Waals surface area contributed by atoms with E-state index in [9.17, 15) is 9.59 Å². The highest BCUT2D eigenvalue weighted by Gasteiger charge is 2.37. The van der Waals surface area contributed by atoms with Gasteiger partial charge in [0.15, 0.2) is 0 Å². The maximum Gasteiger partial charge on any atom is 0.324 e. The van der Waals surface area contributed by atoms with Gasteiger partial charge in [-0.3, -0.25) is 9.69 Å². The van der Waals surface area contributed by atoms with E-state index in [1.165, 1.54) is 4.90 Å². The second-order valence-electron chi connectivity index (χ2n) is 4.42. The summed E-state index contributed by atoms with van der Waals surface area (Å²) in [4.78, 5) is 25.0.